The van der Waals surface area contributed by atoms with Crippen molar-refractivity contribution in [1.82, 2.24) is 0 Å². The second kappa shape index (κ2) is 10.3. The van der Waals surface area contributed by atoms with Gasteiger partial charge in [0.15, 0.2) is 0 Å². The number of carbonyl (C=O) groups is 1. The number of benzene rings is 2. The number of allylic oxidation sites excluding steroid dienone is 1. The SMILES string of the molecule is CC1(C)[C@H](C(=O)O[C@H](C#N)c2cccc(Oc3ccccc3)c2)[C@@H]1C=C(Br)Br.[NaH]. The van der Waals surface area contributed by atoms with Crippen molar-refractivity contribution in [3.05, 3.63) is 69.6 Å². The summed E-state index contributed by atoms with van der Waals surface area (Å²) < 4.78 is 12.2. The summed E-state index contributed by atoms with van der Waals surface area (Å²) in [6.07, 6.45) is 0.960. The second-order valence-corrected chi connectivity index (χ2v) is 9.99. The number of nitriles is 1. The first kappa shape index (κ1) is 24.2. The number of rotatable bonds is 6. The Bertz CT molecular complexity index is 937. The van der Waals surface area contributed by atoms with E-state index in [1.807, 2.05) is 50.3 Å². The Morgan fingerprint density at radius 1 is 1.14 bits per heavy atom. The Hall–Kier alpha value is -1.10. The molecule has 0 aliphatic heterocycles. The topological polar surface area (TPSA) is 59.3 Å². The quantitative estimate of drug-likeness (QED) is 0.349. The van der Waals surface area contributed by atoms with E-state index in [0.29, 0.717) is 17.1 Å². The van der Waals surface area contributed by atoms with Gasteiger partial charge >= 0.3 is 35.5 Å². The maximum atomic E-state index is 12.7. The van der Waals surface area contributed by atoms with Crippen LogP contribution in [0.25, 0.3) is 0 Å². The van der Waals surface area contributed by atoms with Gasteiger partial charge in [-0.3, -0.25) is 4.79 Å². The number of hydrogen-bond acceptors (Lipinski definition) is 4. The number of nitrogens with zero attached hydrogens (tertiary/aromatic N) is 1. The molecule has 3 rings (SSSR count). The number of halogens is 2. The van der Waals surface area contributed by atoms with Gasteiger partial charge in [0.05, 0.1) is 9.31 Å². The van der Waals surface area contributed by atoms with Crippen molar-refractivity contribution in [3.63, 3.8) is 0 Å². The van der Waals surface area contributed by atoms with Gasteiger partial charge < -0.3 is 9.47 Å². The van der Waals surface area contributed by atoms with Crippen molar-refractivity contribution in [2.45, 2.75) is 20.0 Å². The van der Waals surface area contributed by atoms with Gasteiger partial charge in [-0.15, -0.1) is 0 Å². The molecule has 7 heteroatoms. The fraction of sp³-hybridized carbons (Fsp3) is 0.273. The molecule has 2 aromatic rings. The van der Waals surface area contributed by atoms with Crippen LogP contribution in [0.2, 0.25) is 0 Å². The Kier molecular flexibility index (Phi) is 8.57. The van der Waals surface area contributed by atoms with Crippen molar-refractivity contribution in [2.75, 3.05) is 0 Å². The molecule has 0 N–H and O–H groups in total. The van der Waals surface area contributed by atoms with Crippen LogP contribution in [0.1, 0.15) is 25.5 Å². The van der Waals surface area contributed by atoms with Gasteiger partial charge in [-0.25, -0.2) is 0 Å². The standard InChI is InChI=1S/C22H19Br2NO3.Na.H/c1-22(2)17(12-19(23)24)20(22)21(26)28-18(13-25)14-7-6-10-16(11-14)27-15-8-4-3-5-9-15;;/h3-12,17-18,20H,1-2H3;;/t17-,18+,20-;;/m0../s1. The number of carbonyl (C=O) groups excluding carboxylic acids is 1. The zero-order valence-electron chi connectivity index (χ0n) is 15.4. The molecule has 1 saturated carbocycles. The molecule has 2 aromatic carbocycles. The van der Waals surface area contributed by atoms with E-state index in [4.69, 9.17) is 9.47 Å². The third-order valence-corrected chi connectivity index (χ3v) is 5.49. The zero-order valence-corrected chi connectivity index (χ0v) is 18.6. The van der Waals surface area contributed by atoms with Crippen LogP contribution in [0.15, 0.2) is 64.1 Å². The third kappa shape index (κ3) is 5.96. The van der Waals surface area contributed by atoms with Crippen LogP contribution in [-0.2, 0) is 9.53 Å². The molecule has 1 fully saturated rings. The van der Waals surface area contributed by atoms with Crippen molar-refractivity contribution in [2.24, 2.45) is 17.3 Å². The summed E-state index contributed by atoms with van der Waals surface area (Å²) >= 11 is 6.68. The first-order valence-corrected chi connectivity index (χ1v) is 10.4. The Labute approximate surface area is 209 Å². The van der Waals surface area contributed by atoms with Crippen LogP contribution in [0.4, 0.5) is 0 Å². The summed E-state index contributed by atoms with van der Waals surface area (Å²) in [6, 6.07) is 18.5. The molecule has 0 amide bonds. The van der Waals surface area contributed by atoms with Crippen molar-refractivity contribution in [1.29, 1.82) is 5.26 Å². The molecule has 0 unspecified atom stereocenters. The molecule has 1 aliphatic carbocycles. The Morgan fingerprint density at radius 2 is 1.79 bits per heavy atom. The van der Waals surface area contributed by atoms with Gasteiger partial charge in [-0.1, -0.05) is 50.3 Å². The van der Waals surface area contributed by atoms with E-state index >= 15 is 0 Å². The average Bonchev–Trinajstić information content (AvgIpc) is 3.20. The summed E-state index contributed by atoms with van der Waals surface area (Å²) in [4.78, 5) is 12.7. The number of ether oxygens (including phenoxy) is 2. The van der Waals surface area contributed by atoms with E-state index in [1.165, 1.54) is 0 Å². The molecule has 1 aliphatic rings. The molecule has 0 saturated heterocycles. The van der Waals surface area contributed by atoms with E-state index < -0.39 is 6.10 Å². The summed E-state index contributed by atoms with van der Waals surface area (Å²) in [7, 11) is 0. The van der Waals surface area contributed by atoms with E-state index in [-0.39, 0.29) is 52.8 Å². The minimum atomic E-state index is -0.986. The first-order valence-electron chi connectivity index (χ1n) is 8.78. The number of esters is 1. The molecule has 4 nitrogen and oxygen atoms in total. The van der Waals surface area contributed by atoms with Crippen LogP contribution in [0.5, 0.6) is 11.5 Å². The van der Waals surface area contributed by atoms with Gasteiger partial charge in [-0.05, 0) is 67.5 Å². The fourth-order valence-electron chi connectivity index (χ4n) is 3.30. The average molecular weight is 529 g/mol. The van der Waals surface area contributed by atoms with Crippen molar-refractivity contribution >= 4 is 67.4 Å². The van der Waals surface area contributed by atoms with Crippen LogP contribution in [-0.4, -0.2) is 35.5 Å². The van der Waals surface area contributed by atoms with Crippen LogP contribution in [0, 0.1) is 28.6 Å². The molecule has 0 bridgehead atoms. The predicted molar refractivity (Wildman–Crippen MR) is 121 cm³/mol. The monoisotopic (exact) mass is 527 g/mol. The van der Waals surface area contributed by atoms with E-state index in [2.05, 4.69) is 37.9 Å². The first-order chi connectivity index (χ1) is 13.3. The normalized spacial score (nSPS) is 19.7. The van der Waals surface area contributed by atoms with Gasteiger partial charge in [0.25, 0.3) is 0 Å². The summed E-state index contributed by atoms with van der Waals surface area (Å²) in [5.41, 5.74) is 0.374. The number of para-hydroxylation sites is 1. The van der Waals surface area contributed by atoms with Gasteiger partial charge in [-0.2, -0.15) is 5.26 Å². The molecule has 29 heavy (non-hydrogen) atoms. The van der Waals surface area contributed by atoms with Crippen LogP contribution >= 0.6 is 31.9 Å². The molecule has 3 atom stereocenters. The minimum absolute atomic E-state index is 0. The number of hydrogen-bond donors (Lipinski definition) is 0. The summed E-state index contributed by atoms with van der Waals surface area (Å²) in [5.74, 6) is 0.683. The molecular formula is C22H20Br2NNaO3. The summed E-state index contributed by atoms with van der Waals surface area (Å²) in [5, 5.41) is 9.56. The molecule has 146 valence electrons. The maximum absolute atomic E-state index is 12.7. The van der Waals surface area contributed by atoms with E-state index in [0.717, 1.165) is 3.39 Å². The van der Waals surface area contributed by atoms with Crippen molar-refractivity contribution < 1.29 is 14.3 Å². The van der Waals surface area contributed by atoms with Gasteiger partial charge in [0, 0.05) is 5.56 Å². The van der Waals surface area contributed by atoms with E-state index in [1.54, 1.807) is 24.3 Å². The molecule has 0 heterocycles. The molecular weight excluding hydrogens is 509 g/mol. The van der Waals surface area contributed by atoms with Crippen LogP contribution in [0.3, 0.4) is 0 Å². The van der Waals surface area contributed by atoms with Crippen molar-refractivity contribution in [3.8, 4) is 17.6 Å². The van der Waals surface area contributed by atoms with Crippen LogP contribution < -0.4 is 4.74 Å². The third-order valence-electron chi connectivity index (χ3n) is 4.96. The van der Waals surface area contributed by atoms with E-state index in [9.17, 15) is 10.1 Å². The van der Waals surface area contributed by atoms with Gasteiger partial charge in [0.1, 0.15) is 17.6 Å². The second-order valence-electron chi connectivity index (χ2n) is 7.21. The predicted octanol–water partition coefficient (Wildman–Crippen LogP) is 5.84. The molecule has 0 aromatic heterocycles. The summed E-state index contributed by atoms with van der Waals surface area (Å²) in [6.45, 7) is 4.03. The molecule has 0 radical (unpaired) electrons. The van der Waals surface area contributed by atoms with Gasteiger partial charge in [0.2, 0.25) is 6.10 Å². The fourth-order valence-corrected chi connectivity index (χ4v) is 3.87. The Balaban J connectivity index is 0.00000300. The Morgan fingerprint density at radius 3 is 2.41 bits per heavy atom. The zero-order chi connectivity index (χ0) is 20.3. The molecule has 0 spiro atoms.